The largest absolute Gasteiger partial charge is 0.573 e. The van der Waals surface area contributed by atoms with Gasteiger partial charge in [-0.25, -0.2) is 9.18 Å². The van der Waals surface area contributed by atoms with Gasteiger partial charge in [0.2, 0.25) is 5.75 Å². The van der Waals surface area contributed by atoms with Gasteiger partial charge in [-0.2, -0.15) is 0 Å². The number of amides is 1. The zero-order chi connectivity index (χ0) is 21.2. The van der Waals surface area contributed by atoms with E-state index in [0.29, 0.717) is 0 Å². The van der Waals surface area contributed by atoms with Crippen molar-refractivity contribution in [1.29, 1.82) is 0 Å². The molecule has 1 heterocycles. The number of aliphatic hydroxyl groups excluding tert-OH is 1. The lowest BCUT2D eigenvalue weighted by Crippen LogP contribution is -2.31. The number of aliphatic hydroxyl groups is 1. The summed E-state index contributed by atoms with van der Waals surface area (Å²) in [6.45, 7) is -0.792. The predicted octanol–water partition coefficient (Wildman–Crippen LogP) is 1.87. The normalized spacial score (nSPS) is 14.5. The molecule has 1 aromatic rings. The molecule has 0 saturated heterocycles. The van der Waals surface area contributed by atoms with Crippen LogP contribution in [0.3, 0.4) is 0 Å². The molecule has 0 aromatic heterocycles. The second kappa shape index (κ2) is 8.22. The summed E-state index contributed by atoms with van der Waals surface area (Å²) in [5, 5.41) is 21.3. The molecule has 8 nitrogen and oxygen atoms in total. The number of phenols is 1. The number of nitrogens with zero attached hydrogens (tertiary/aromatic N) is 1. The Balaban J connectivity index is 2.50. The number of anilines is 1. The van der Waals surface area contributed by atoms with Gasteiger partial charge in [-0.05, 0) is 22.0 Å². The van der Waals surface area contributed by atoms with Crippen LogP contribution in [0.25, 0.3) is 0 Å². The molecule has 13 heteroatoms. The quantitative estimate of drug-likeness (QED) is 0.329. The van der Waals surface area contributed by atoms with Crippen molar-refractivity contribution in [1.82, 2.24) is 4.90 Å². The maximum Gasteiger partial charge on any atom is 0.573 e. The van der Waals surface area contributed by atoms with Crippen molar-refractivity contribution in [2.75, 3.05) is 32.1 Å². The molecule has 0 spiro atoms. The summed E-state index contributed by atoms with van der Waals surface area (Å²) < 4.78 is 59.0. The van der Waals surface area contributed by atoms with E-state index in [2.05, 4.69) is 30.7 Å². The SMILES string of the molecule is COC(=O)C1=C(Nc2cc(Br)c(F)c(OC(F)(F)F)c2O)C(=O)N(CCO)C1. The number of β-amino-alcohol motifs (C(OH)–C–C–N with tert-alkyl or cyclic N) is 1. The van der Waals surface area contributed by atoms with Gasteiger partial charge >= 0.3 is 12.3 Å². The lowest BCUT2D eigenvalue weighted by atomic mass is 10.2. The summed E-state index contributed by atoms with van der Waals surface area (Å²) in [6, 6.07) is 0.859. The van der Waals surface area contributed by atoms with Gasteiger partial charge < -0.3 is 29.9 Å². The molecule has 154 valence electrons. The number of hydrogen-bond donors (Lipinski definition) is 3. The topological polar surface area (TPSA) is 108 Å². The molecule has 0 unspecified atom stereocenters. The summed E-state index contributed by atoms with van der Waals surface area (Å²) in [5.74, 6) is -6.02. The fourth-order valence-electron chi connectivity index (χ4n) is 2.38. The maximum atomic E-state index is 13.9. The number of methoxy groups -OCH3 is 1. The third-order valence-electron chi connectivity index (χ3n) is 3.58. The predicted molar refractivity (Wildman–Crippen MR) is 88.8 cm³/mol. The number of halogens is 5. The van der Waals surface area contributed by atoms with Crippen molar-refractivity contribution in [3.8, 4) is 11.5 Å². The monoisotopic (exact) mass is 472 g/mol. The highest BCUT2D eigenvalue weighted by Crippen LogP contribution is 2.43. The van der Waals surface area contributed by atoms with Crippen LogP contribution >= 0.6 is 15.9 Å². The third-order valence-corrected chi connectivity index (χ3v) is 4.16. The van der Waals surface area contributed by atoms with Crippen LogP contribution in [0.15, 0.2) is 21.8 Å². The van der Waals surface area contributed by atoms with Crippen LogP contribution in [0.4, 0.5) is 23.2 Å². The number of rotatable bonds is 6. The molecule has 0 saturated carbocycles. The van der Waals surface area contributed by atoms with Gasteiger partial charge in [-0.1, -0.05) is 0 Å². The van der Waals surface area contributed by atoms with Crippen LogP contribution in [-0.4, -0.2) is 60.2 Å². The van der Waals surface area contributed by atoms with Crippen LogP contribution in [0, 0.1) is 5.82 Å². The first kappa shape index (κ1) is 21.8. The number of alkyl halides is 3. The lowest BCUT2D eigenvalue weighted by molar-refractivity contribution is -0.276. The van der Waals surface area contributed by atoms with E-state index in [1.54, 1.807) is 0 Å². The minimum atomic E-state index is -5.30. The number of nitrogens with one attached hydrogen (secondary N) is 1. The lowest BCUT2D eigenvalue weighted by Gasteiger charge is -2.17. The van der Waals surface area contributed by atoms with Crippen LogP contribution < -0.4 is 10.1 Å². The van der Waals surface area contributed by atoms with Crippen molar-refractivity contribution >= 4 is 33.5 Å². The Morgan fingerprint density at radius 3 is 2.61 bits per heavy atom. The van der Waals surface area contributed by atoms with Crippen molar-refractivity contribution in [2.24, 2.45) is 0 Å². The van der Waals surface area contributed by atoms with E-state index in [0.717, 1.165) is 18.1 Å². The van der Waals surface area contributed by atoms with Gasteiger partial charge in [0.1, 0.15) is 5.70 Å². The smallest absolute Gasteiger partial charge is 0.503 e. The van der Waals surface area contributed by atoms with Crippen LogP contribution in [0.1, 0.15) is 0 Å². The molecule has 0 fully saturated rings. The molecular weight excluding hydrogens is 460 g/mol. The molecule has 1 aliphatic heterocycles. The Labute approximate surface area is 163 Å². The highest BCUT2D eigenvalue weighted by atomic mass is 79.9. The molecule has 0 bridgehead atoms. The van der Waals surface area contributed by atoms with Gasteiger partial charge in [-0.15, -0.1) is 13.2 Å². The van der Waals surface area contributed by atoms with Crippen molar-refractivity contribution in [3.63, 3.8) is 0 Å². The number of ether oxygens (including phenoxy) is 2. The molecule has 1 aliphatic rings. The minimum Gasteiger partial charge on any atom is -0.503 e. The van der Waals surface area contributed by atoms with Gasteiger partial charge in [0, 0.05) is 6.54 Å². The maximum absolute atomic E-state index is 13.9. The van der Waals surface area contributed by atoms with Crippen molar-refractivity contribution in [3.05, 3.63) is 27.6 Å². The average molecular weight is 473 g/mol. The highest BCUT2D eigenvalue weighted by Gasteiger charge is 2.37. The number of phenolic OH excluding ortho intramolecular Hbond substituents is 1. The number of aromatic hydroxyl groups is 1. The molecule has 3 N–H and O–H groups in total. The molecular formula is C15H13BrF4N2O6. The first-order valence-corrected chi connectivity index (χ1v) is 8.24. The average Bonchev–Trinajstić information content (AvgIpc) is 2.91. The van der Waals surface area contributed by atoms with Gasteiger partial charge in [0.15, 0.2) is 11.6 Å². The van der Waals surface area contributed by atoms with E-state index in [9.17, 15) is 32.3 Å². The third kappa shape index (κ3) is 4.47. The van der Waals surface area contributed by atoms with Gasteiger partial charge in [-0.3, -0.25) is 4.79 Å². The van der Waals surface area contributed by atoms with E-state index >= 15 is 0 Å². The molecule has 1 amide bonds. The Bertz CT molecular complexity index is 843. The number of esters is 1. The zero-order valence-corrected chi connectivity index (χ0v) is 15.6. The fraction of sp³-hybridized carbons (Fsp3) is 0.333. The van der Waals surface area contributed by atoms with Gasteiger partial charge in [0.25, 0.3) is 5.91 Å². The summed E-state index contributed by atoms with van der Waals surface area (Å²) in [4.78, 5) is 25.4. The first-order valence-electron chi connectivity index (χ1n) is 7.45. The summed E-state index contributed by atoms with van der Waals surface area (Å²) in [5.41, 5.74) is -1.14. The van der Waals surface area contributed by atoms with Crippen molar-refractivity contribution < 1.29 is 46.8 Å². The van der Waals surface area contributed by atoms with E-state index in [1.165, 1.54) is 0 Å². The Morgan fingerprint density at radius 2 is 2.07 bits per heavy atom. The zero-order valence-electron chi connectivity index (χ0n) is 14.1. The highest BCUT2D eigenvalue weighted by molar-refractivity contribution is 9.10. The second-order valence-corrected chi connectivity index (χ2v) is 6.22. The number of carbonyl (C=O) groups excluding carboxylic acids is 2. The second-order valence-electron chi connectivity index (χ2n) is 5.37. The van der Waals surface area contributed by atoms with E-state index in [4.69, 9.17) is 5.11 Å². The standard InChI is InChI=1S/C15H13BrF4N2O6/c1-27-14(26)6-5-22(2-3-23)13(25)10(6)21-8-4-7(16)9(17)12(11(8)24)28-15(18,19)20/h4,21,23-24H,2-3,5H2,1H3. The molecule has 0 radical (unpaired) electrons. The Kier molecular flexibility index (Phi) is 6.39. The van der Waals surface area contributed by atoms with E-state index in [-0.39, 0.29) is 18.7 Å². The molecule has 2 rings (SSSR count). The van der Waals surface area contributed by atoms with Crippen molar-refractivity contribution in [2.45, 2.75) is 6.36 Å². The summed E-state index contributed by atoms with van der Waals surface area (Å²) in [6.07, 6.45) is -5.30. The Hall–Kier alpha value is -2.54. The van der Waals surface area contributed by atoms with E-state index in [1.807, 2.05) is 0 Å². The van der Waals surface area contributed by atoms with E-state index < -0.39 is 58.0 Å². The molecule has 0 atom stereocenters. The number of benzene rings is 1. The van der Waals surface area contributed by atoms with Gasteiger partial charge in [0.05, 0.1) is 36.0 Å². The van der Waals surface area contributed by atoms with Crippen LogP contribution in [-0.2, 0) is 14.3 Å². The number of carbonyl (C=O) groups is 2. The number of hydrogen-bond acceptors (Lipinski definition) is 7. The molecule has 0 aliphatic carbocycles. The van der Waals surface area contributed by atoms with Crippen LogP contribution in [0.5, 0.6) is 11.5 Å². The first-order chi connectivity index (χ1) is 13.0. The minimum absolute atomic E-state index is 0.133. The van der Waals surface area contributed by atoms with Crippen LogP contribution in [0.2, 0.25) is 0 Å². The molecule has 1 aromatic carbocycles. The Morgan fingerprint density at radius 1 is 1.43 bits per heavy atom. The fourth-order valence-corrected chi connectivity index (χ4v) is 2.79. The summed E-state index contributed by atoms with van der Waals surface area (Å²) >= 11 is 2.69. The summed E-state index contributed by atoms with van der Waals surface area (Å²) in [7, 11) is 1.05. The molecule has 28 heavy (non-hydrogen) atoms.